The Kier molecular flexibility index (Phi) is 5.52. The Morgan fingerprint density at radius 1 is 1.26 bits per heavy atom. The lowest BCUT2D eigenvalue weighted by Crippen LogP contribution is -2.27. The lowest BCUT2D eigenvalue weighted by Gasteiger charge is -2.13. The predicted molar refractivity (Wildman–Crippen MR) is 101 cm³/mol. The number of benzene rings is 2. The van der Waals surface area contributed by atoms with E-state index in [-0.39, 0.29) is 16.7 Å². The molecule has 0 aliphatic heterocycles. The van der Waals surface area contributed by atoms with E-state index in [1.165, 1.54) is 4.57 Å². The molecule has 3 aromatic rings. The van der Waals surface area contributed by atoms with Crippen LogP contribution in [0.4, 0.5) is 8.78 Å². The molecule has 0 aliphatic rings. The monoisotopic (exact) mass is 454 g/mol. The maximum atomic E-state index is 13.8. The number of thiazole rings is 1. The van der Waals surface area contributed by atoms with Crippen molar-refractivity contribution in [3.63, 3.8) is 0 Å². The summed E-state index contributed by atoms with van der Waals surface area (Å²) in [5.41, 5.74) is 0.467. The fraction of sp³-hybridized carbons (Fsp3) is 0.167. The molecule has 9 heteroatoms. The number of fused-ring (bicyclic) bond motifs is 1. The highest BCUT2D eigenvalue weighted by Gasteiger charge is 2.23. The number of rotatable bonds is 4. The fourth-order valence-corrected chi connectivity index (χ4v) is 4.19. The summed E-state index contributed by atoms with van der Waals surface area (Å²) in [6.45, 7) is 1.65. The fourth-order valence-electron chi connectivity index (χ4n) is 2.67. The summed E-state index contributed by atoms with van der Waals surface area (Å²) in [5, 5.41) is 9.53. The molecule has 27 heavy (non-hydrogen) atoms. The Labute approximate surface area is 164 Å². The number of carboxylic acids is 1. The summed E-state index contributed by atoms with van der Waals surface area (Å²) in [7, 11) is 0. The molecule has 1 atom stereocenters. The van der Waals surface area contributed by atoms with Crippen LogP contribution in [0, 0.1) is 11.6 Å². The summed E-state index contributed by atoms with van der Waals surface area (Å²) >= 11 is 4.20. The zero-order valence-corrected chi connectivity index (χ0v) is 16.4. The van der Waals surface area contributed by atoms with Gasteiger partial charge in [0.2, 0.25) is 0 Å². The van der Waals surface area contributed by atoms with Gasteiger partial charge in [0.15, 0.2) is 16.4 Å². The minimum absolute atomic E-state index is 0.0602. The molecule has 3 rings (SSSR count). The molecule has 1 N–H and O–H groups in total. The number of hydrogen-bond acceptors (Lipinski definition) is 3. The smallest absolute Gasteiger partial charge is 0.326 e. The number of hydrogen-bond donors (Lipinski definition) is 1. The molecule has 0 saturated carbocycles. The van der Waals surface area contributed by atoms with Gasteiger partial charge in [-0.3, -0.25) is 4.79 Å². The highest BCUT2D eigenvalue weighted by Crippen LogP contribution is 2.25. The number of carbonyl (C=O) groups is 2. The van der Waals surface area contributed by atoms with E-state index in [4.69, 9.17) is 0 Å². The van der Waals surface area contributed by atoms with Crippen molar-refractivity contribution in [2.45, 2.75) is 19.4 Å². The van der Waals surface area contributed by atoms with E-state index in [9.17, 15) is 23.5 Å². The standard InChI is InChI=1S/C18H13BrF2N2O3S/c1-2-13(17(25)26)23-14-7-11(20)12(21)8-15(14)27-18(23)22-16(24)9-5-3-4-6-10(9)19/h3-8,13H,2H2,1H3,(H,25,26)/b22-18-. The molecule has 0 radical (unpaired) electrons. The molecule has 140 valence electrons. The van der Waals surface area contributed by atoms with Crippen LogP contribution in [0.15, 0.2) is 45.9 Å². The Morgan fingerprint density at radius 3 is 2.56 bits per heavy atom. The maximum Gasteiger partial charge on any atom is 0.326 e. The maximum absolute atomic E-state index is 13.8. The molecule has 0 bridgehead atoms. The number of nitrogens with zero attached hydrogens (tertiary/aromatic N) is 2. The Balaban J connectivity index is 2.30. The van der Waals surface area contributed by atoms with Gasteiger partial charge in [-0.15, -0.1) is 0 Å². The second-order valence-corrected chi connectivity index (χ2v) is 7.51. The molecule has 1 aromatic heterocycles. The third-order valence-electron chi connectivity index (χ3n) is 3.95. The SMILES string of the molecule is CCC(C(=O)O)n1/c(=N/C(=O)c2ccccc2Br)sc2cc(F)c(F)cc21. The molecule has 1 heterocycles. The van der Waals surface area contributed by atoms with Crippen LogP contribution in [-0.2, 0) is 4.79 Å². The van der Waals surface area contributed by atoms with Crippen molar-refractivity contribution in [3.8, 4) is 0 Å². The predicted octanol–water partition coefficient (Wildman–Crippen LogP) is 4.52. The van der Waals surface area contributed by atoms with Crippen molar-refractivity contribution in [2.24, 2.45) is 4.99 Å². The van der Waals surface area contributed by atoms with Crippen LogP contribution in [0.25, 0.3) is 10.2 Å². The van der Waals surface area contributed by atoms with Gasteiger partial charge < -0.3 is 9.67 Å². The van der Waals surface area contributed by atoms with Crippen molar-refractivity contribution >= 4 is 49.4 Å². The van der Waals surface area contributed by atoms with Gasteiger partial charge >= 0.3 is 5.97 Å². The van der Waals surface area contributed by atoms with Gasteiger partial charge in [0.25, 0.3) is 5.91 Å². The Bertz CT molecular complexity index is 1120. The molecule has 2 aromatic carbocycles. The van der Waals surface area contributed by atoms with Gasteiger partial charge in [-0.25, -0.2) is 13.6 Å². The number of aromatic nitrogens is 1. The zero-order chi connectivity index (χ0) is 19.7. The quantitative estimate of drug-likeness (QED) is 0.629. The molecule has 0 aliphatic carbocycles. The van der Waals surface area contributed by atoms with Crippen molar-refractivity contribution in [3.05, 3.63) is 62.9 Å². The Hall–Kier alpha value is -2.39. The van der Waals surface area contributed by atoms with E-state index < -0.39 is 29.6 Å². The summed E-state index contributed by atoms with van der Waals surface area (Å²) in [5.74, 6) is -3.90. The van der Waals surface area contributed by atoms with E-state index >= 15 is 0 Å². The highest BCUT2D eigenvalue weighted by molar-refractivity contribution is 9.10. The van der Waals surface area contributed by atoms with E-state index in [0.717, 1.165) is 23.5 Å². The first-order chi connectivity index (χ1) is 12.8. The number of aliphatic carboxylic acids is 1. The first kappa shape index (κ1) is 19.4. The lowest BCUT2D eigenvalue weighted by molar-refractivity contribution is -0.140. The lowest BCUT2D eigenvalue weighted by atomic mass is 10.2. The normalized spacial score (nSPS) is 13.1. The molecule has 0 spiro atoms. The second-order valence-electron chi connectivity index (χ2n) is 5.65. The third-order valence-corrected chi connectivity index (χ3v) is 5.66. The van der Waals surface area contributed by atoms with E-state index in [2.05, 4.69) is 20.9 Å². The van der Waals surface area contributed by atoms with Crippen LogP contribution in [-0.4, -0.2) is 21.6 Å². The second kappa shape index (κ2) is 7.69. The highest BCUT2D eigenvalue weighted by atomic mass is 79.9. The first-order valence-electron chi connectivity index (χ1n) is 7.90. The van der Waals surface area contributed by atoms with Crippen molar-refractivity contribution in [1.29, 1.82) is 0 Å². The third kappa shape index (κ3) is 3.70. The van der Waals surface area contributed by atoms with Gasteiger partial charge in [-0.2, -0.15) is 4.99 Å². The summed E-state index contributed by atoms with van der Waals surface area (Å²) < 4.78 is 29.5. The van der Waals surface area contributed by atoms with Gasteiger partial charge in [0, 0.05) is 10.5 Å². The van der Waals surface area contributed by atoms with E-state index in [1.54, 1.807) is 31.2 Å². The molecule has 1 unspecified atom stereocenters. The number of carboxylic acid groups (broad SMARTS) is 1. The van der Waals surface area contributed by atoms with Crippen molar-refractivity contribution in [2.75, 3.05) is 0 Å². The van der Waals surface area contributed by atoms with Crippen LogP contribution < -0.4 is 4.80 Å². The zero-order valence-electron chi connectivity index (χ0n) is 13.9. The number of carbonyl (C=O) groups excluding carboxylic acids is 1. The average Bonchev–Trinajstić information content (AvgIpc) is 2.93. The van der Waals surface area contributed by atoms with Gasteiger partial charge in [0.1, 0.15) is 6.04 Å². The van der Waals surface area contributed by atoms with Crippen LogP contribution in [0.2, 0.25) is 0 Å². The first-order valence-corrected chi connectivity index (χ1v) is 9.51. The van der Waals surface area contributed by atoms with Crippen molar-refractivity contribution in [1.82, 2.24) is 4.57 Å². The minimum Gasteiger partial charge on any atom is -0.480 e. The van der Waals surface area contributed by atoms with Crippen LogP contribution in [0.5, 0.6) is 0 Å². The van der Waals surface area contributed by atoms with E-state index in [1.807, 2.05) is 0 Å². The van der Waals surface area contributed by atoms with Crippen LogP contribution >= 0.6 is 27.3 Å². The number of halogens is 3. The molecule has 0 fully saturated rings. The van der Waals surface area contributed by atoms with Crippen LogP contribution in [0.3, 0.4) is 0 Å². The topological polar surface area (TPSA) is 71.7 Å². The van der Waals surface area contributed by atoms with E-state index in [0.29, 0.717) is 14.7 Å². The number of amides is 1. The van der Waals surface area contributed by atoms with Crippen molar-refractivity contribution < 1.29 is 23.5 Å². The van der Waals surface area contributed by atoms with Crippen LogP contribution in [0.1, 0.15) is 29.7 Å². The molecule has 0 saturated heterocycles. The molecule has 5 nitrogen and oxygen atoms in total. The molecular weight excluding hydrogens is 442 g/mol. The summed E-state index contributed by atoms with van der Waals surface area (Å²) in [6, 6.07) is 7.48. The largest absolute Gasteiger partial charge is 0.480 e. The summed E-state index contributed by atoms with van der Waals surface area (Å²) in [4.78, 5) is 28.4. The Morgan fingerprint density at radius 2 is 1.93 bits per heavy atom. The average molecular weight is 455 g/mol. The minimum atomic E-state index is -1.16. The molecule has 1 amide bonds. The van der Waals surface area contributed by atoms with Gasteiger partial charge in [-0.05, 0) is 40.5 Å². The van der Waals surface area contributed by atoms with Gasteiger partial charge in [-0.1, -0.05) is 30.4 Å². The van der Waals surface area contributed by atoms with Gasteiger partial charge in [0.05, 0.1) is 15.8 Å². The molecular formula is C18H13BrF2N2O3S. The summed E-state index contributed by atoms with van der Waals surface area (Å²) in [6.07, 6.45) is 0.177.